The first-order valence-corrected chi connectivity index (χ1v) is 5.60. The minimum atomic E-state index is -1.02. The number of hydrogen-bond donors (Lipinski definition) is 2. The molecule has 0 heterocycles. The van der Waals surface area contributed by atoms with Crippen LogP contribution in [0.5, 0.6) is 0 Å². The summed E-state index contributed by atoms with van der Waals surface area (Å²) in [5.74, 6) is 0.101. The van der Waals surface area contributed by atoms with Crippen LogP contribution in [0, 0.1) is 11.3 Å². The minimum absolute atomic E-state index is 0.101. The fraction of sp³-hybridized carbons (Fsp3) is 0.538. The van der Waals surface area contributed by atoms with E-state index in [1.165, 1.54) is 0 Å². The van der Waals surface area contributed by atoms with Crippen LogP contribution in [-0.2, 0) is 0 Å². The molecule has 0 amide bonds. The van der Waals surface area contributed by atoms with E-state index < -0.39 is 5.72 Å². The molecule has 82 valence electrons. The Bertz CT molecular complexity index is 316. The normalized spacial score (nSPS) is 44.5. The van der Waals surface area contributed by atoms with Crippen molar-refractivity contribution in [2.45, 2.75) is 31.4 Å². The Balaban J connectivity index is 2.30. The molecule has 1 fully saturated rings. The highest BCUT2D eigenvalue weighted by molar-refractivity contribution is 5.25. The molecule has 3 unspecified atom stereocenters. The lowest BCUT2D eigenvalue weighted by Crippen LogP contribution is -2.49. The SMILES string of the molecule is C=CC1(C2CCCC2(N)O)C=CC=CC1. The Labute approximate surface area is 91.2 Å². The zero-order chi connectivity index (χ0) is 10.9. The molecule has 0 aromatic heterocycles. The standard InChI is InChI=1S/C13H19NO/c1-2-12(8-4-3-5-9-12)11-7-6-10-13(11,14)15/h2-5,8,11,15H,1,6-7,9-10,14H2. The average Bonchev–Trinajstić information content (AvgIpc) is 2.60. The zero-order valence-corrected chi connectivity index (χ0v) is 9.02. The first kappa shape index (κ1) is 10.7. The Kier molecular flexibility index (Phi) is 2.57. The van der Waals surface area contributed by atoms with E-state index in [0.717, 1.165) is 19.3 Å². The van der Waals surface area contributed by atoms with Crippen molar-refractivity contribution in [3.05, 3.63) is 37.0 Å². The summed E-state index contributed by atoms with van der Waals surface area (Å²) < 4.78 is 0. The monoisotopic (exact) mass is 205 g/mol. The largest absolute Gasteiger partial charge is 0.376 e. The predicted octanol–water partition coefficient (Wildman–Crippen LogP) is 2.12. The van der Waals surface area contributed by atoms with Crippen LogP contribution >= 0.6 is 0 Å². The summed E-state index contributed by atoms with van der Waals surface area (Å²) in [6.45, 7) is 3.91. The van der Waals surface area contributed by atoms with E-state index in [2.05, 4.69) is 18.7 Å². The van der Waals surface area contributed by atoms with Crippen LogP contribution < -0.4 is 5.73 Å². The Hall–Kier alpha value is -0.860. The molecule has 2 aliphatic carbocycles. The van der Waals surface area contributed by atoms with E-state index in [-0.39, 0.29) is 11.3 Å². The lowest BCUT2D eigenvalue weighted by atomic mass is 9.68. The molecule has 2 rings (SSSR count). The van der Waals surface area contributed by atoms with E-state index in [0.29, 0.717) is 6.42 Å². The van der Waals surface area contributed by atoms with Gasteiger partial charge in [-0.3, -0.25) is 0 Å². The van der Waals surface area contributed by atoms with Gasteiger partial charge in [-0.05, 0) is 25.7 Å². The van der Waals surface area contributed by atoms with Crippen LogP contribution in [0.3, 0.4) is 0 Å². The lowest BCUT2D eigenvalue weighted by Gasteiger charge is -2.40. The second-order valence-corrected chi connectivity index (χ2v) is 4.74. The number of hydrogen-bond acceptors (Lipinski definition) is 2. The topological polar surface area (TPSA) is 46.2 Å². The molecule has 0 aromatic carbocycles. The molecule has 0 radical (unpaired) electrons. The van der Waals surface area contributed by atoms with Gasteiger partial charge in [-0.2, -0.15) is 0 Å². The second kappa shape index (κ2) is 3.62. The quantitative estimate of drug-likeness (QED) is 0.536. The van der Waals surface area contributed by atoms with Crippen molar-refractivity contribution in [2.75, 3.05) is 0 Å². The van der Waals surface area contributed by atoms with Crippen molar-refractivity contribution < 1.29 is 5.11 Å². The van der Waals surface area contributed by atoms with Gasteiger partial charge in [-0.1, -0.05) is 30.4 Å². The average molecular weight is 205 g/mol. The molecule has 0 aliphatic heterocycles. The first-order valence-electron chi connectivity index (χ1n) is 5.60. The number of aliphatic hydroxyl groups is 1. The Morgan fingerprint density at radius 1 is 1.47 bits per heavy atom. The van der Waals surface area contributed by atoms with Gasteiger partial charge in [-0.15, -0.1) is 6.58 Å². The van der Waals surface area contributed by atoms with Crippen molar-refractivity contribution in [3.8, 4) is 0 Å². The third-order valence-corrected chi connectivity index (χ3v) is 3.83. The summed E-state index contributed by atoms with van der Waals surface area (Å²) in [4.78, 5) is 0. The summed E-state index contributed by atoms with van der Waals surface area (Å²) in [5, 5.41) is 10.2. The van der Waals surface area contributed by atoms with Crippen LogP contribution in [0.2, 0.25) is 0 Å². The summed E-state index contributed by atoms with van der Waals surface area (Å²) in [7, 11) is 0. The summed E-state index contributed by atoms with van der Waals surface area (Å²) in [6.07, 6.45) is 13.8. The van der Waals surface area contributed by atoms with Gasteiger partial charge in [0.1, 0.15) is 5.72 Å². The zero-order valence-electron chi connectivity index (χ0n) is 9.02. The van der Waals surface area contributed by atoms with E-state index in [1.54, 1.807) is 0 Å². The Morgan fingerprint density at radius 2 is 2.27 bits per heavy atom. The molecular formula is C13H19NO. The van der Waals surface area contributed by atoms with Crippen LogP contribution in [0.1, 0.15) is 25.7 Å². The maximum absolute atomic E-state index is 10.2. The molecule has 0 aromatic rings. The van der Waals surface area contributed by atoms with Crippen LogP contribution in [0.4, 0.5) is 0 Å². The van der Waals surface area contributed by atoms with Crippen LogP contribution in [0.15, 0.2) is 37.0 Å². The highest BCUT2D eigenvalue weighted by Gasteiger charge is 2.48. The molecule has 2 nitrogen and oxygen atoms in total. The molecular weight excluding hydrogens is 186 g/mol. The fourth-order valence-electron chi connectivity index (χ4n) is 2.95. The highest BCUT2D eigenvalue weighted by Crippen LogP contribution is 2.48. The molecule has 3 N–H and O–H groups in total. The number of nitrogens with two attached hydrogens (primary N) is 1. The lowest BCUT2D eigenvalue weighted by molar-refractivity contribution is -0.0232. The van der Waals surface area contributed by atoms with E-state index in [9.17, 15) is 5.11 Å². The molecule has 15 heavy (non-hydrogen) atoms. The highest BCUT2D eigenvalue weighted by atomic mass is 16.3. The molecule has 0 spiro atoms. The fourth-order valence-corrected chi connectivity index (χ4v) is 2.95. The minimum Gasteiger partial charge on any atom is -0.376 e. The predicted molar refractivity (Wildman–Crippen MR) is 62.0 cm³/mol. The maximum atomic E-state index is 10.2. The second-order valence-electron chi connectivity index (χ2n) is 4.74. The Morgan fingerprint density at radius 3 is 2.73 bits per heavy atom. The van der Waals surface area contributed by atoms with E-state index >= 15 is 0 Å². The van der Waals surface area contributed by atoms with Crippen molar-refractivity contribution >= 4 is 0 Å². The van der Waals surface area contributed by atoms with Crippen molar-refractivity contribution in [1.82, 2.24) is 0 Å². The third-order valence-electron chi connectivity index (χ3n) is 3.83. The summed E-state index contributed by atoms with van der Waals surface area (Å²) in [5.41, 5.74) is 4.80. The van der Waals surface area contributed by atoms with E-state index in [1.807, 2.05) is 18.2 Å². The van der Waals surface area contributed by atoms with Crippen molar-refractivity contribution in [1.29, 1.82) is 0 Å². The van der Waals surface area contributed by atoms with Gasteiger partial charge in [0.05, 0.1) is 0 Å². The van der Waals surface area contributed by atoms with Gasteiger partial charge in [0.15, 0.2) is 0 Å². The summed E-state index contributed by atoms with van der Waals surface area (Å²) >= 11 is 0. The molecule has 0 bridgehead atoms. The maximum Gasteiger partial charge on any atom is 0.117 e. The van der Waals surface area contributed by atoms with Gasteiger partial charge in [0, 0.05) is 11.3 Å². The van der Waals surface area contributed by atoms with Gasteiger partial charge in [0.25, 0.3) is 0 Å². The van der Waals surface area contributed by atoms with Crippen LogP contribution in [-0.4, -0.2) is 10.8 Å². The molecule has 2 heteroatoms. The van der Waals surface area contributed by atoms with Gasteiger partial charge in [-0.25, -0.2) is 0 Å². The van der Waals surface area contributed by atoms with Crippen LogP contribution in [0.25, 0.3) is 0 Å². The number of rotatable bonds is 2. The molecule has 2 aliphatic rings. The van der Waals surface area contributed by atoms with Crippen molar-refractivity contribution in [3.63, 3.8) is 0 Å². The first-order chi connectivity index (χ1) is 7.11. The van der Waals surface area contributed by atoms with Crippen molar-refractivity contribution in [2.24, 2.45) is 17.1 Å². The van der Waals surface area contributed by atoms with E-state index in [4.69, 9.17) is 5.73 Å². The van der Waals surface area contributed by atoms with Gasteiger partial charge in [0.2, 0.25) is 0 Å². The van der Waals surface area contributed by atoms with Gasteiger partial charge >= 0.3 is 0 Å². The van der Waals surface area contributed by atoms with Gasteiger partial charge < -0.3 is 10.8 Å². The third kappa shape index (κ3) is 1.68. The summed E-state index contributed by atoms with van der Waals surface area (Å²) in [6, 6.07) is 0. The molecule has 0 saturated heterocycles. The smallest absolute Gasteiger partial charge is 0.117 e. The molecule has 1 saturated carbocycles. The molecule has 3 atom stereocenters. The number of allylic oxidation sites excluding steroid dienone is 5.